The molecule has 0 aliphatic heterocycles. The minimum absolute atomic E-state index is 0.344. The van der Waals surface area contributed by atoms with Gasteiger partial charge in [-0.25, -0.2) is 0 Å². The molecule has 0 aromatic heterocycles. The first-order valence-electron chi connectivity index (χ1n) is 7.65. The van der Waals surface area contributed by atoms with Gasteiger partial charge in [0.15, 0.2) is 0 Å². The molecule has 0 unspecified atom stereocenters. The predicted molar refractivity (Wildman–Crippen MR) is 105 cm³/mol. The zero-order valence-corrected chi connectivity index (χ0v) is 16.8. The standard InChI is InChI=1S/C21H18OSe2/c1-22-18-14-12-17(13-15-18)16-21(23-19-8-4-2-5-9-19)24-20-10-6-3-7-11-20/h2-16H,1H3. The van der Waals surface area contributed by atoms with E-state index in [0.717, 1.165) is 5.75 Å². The molecule has 1 nitrogen and oxygen atoms in total. The van der Waals surface area contributed by atoms with Crippen molar-refractivity contribution in [3.8, 4) is 5.75 Å². The van der Waals surface area contributed by atoms with Crippen LogP contribution in [0.3, 0.4) is 0 Å². The van der Waals surface area contributed by atoms with Gasteiger partial charge >= 0.3 is 156 Å². The van der Waals surface area contributed by atoms with Gasteiger partial charge in [-0.05, 0) is 0 Å². The fourth-order valence-electron chi connectivity index (χ4n) is 2.13. The van der Waals surface area contributed by atoms with E-state index in [1.807, 2.05) is 12.1 Å². The van der Waals surface area contributed by atoms with Gasteiger partial charge in [0.2, 0.25) is 0 Å². The van der Waals surface area contributed by atoms with Crippen LogP contribution < -0.4 is 13.7 Å². The summed E-state index contributed by atoms with van der Waals surface area (Å²) in [7, 11) is 1.70. The van der Waals surface area contributed by atoms with Crippen LogP contribution in [0.2, 0.25) is 0 Å². The van der Waals surface area contributed by atoms with Crippen LogP contribution in [0, 0.1) is 0 Å². The van der Waals surface area contributed by atoms with Crippen LogP contribution in [-0.2, 0) is 0 Å². The fourth-order valence-corrected chi connectivity index (χ4v) is 7.79. The molecule has 0 fully saturated rings. The van der Waals surface area contributed by atoms with Gasteiger partial charge in [-0.2, -0.15) is 0 Å². The second-order valence-electron chi connectivity index (χ2n) is 5.07. The molecule has 24 heavy (non-hydrogen) atoms. The molecular formula is C21H18OSe2. The predicted octanol–water partition coefficient (Wildman–Crippen LogP) is 3.05. The van der Waals surface area contributed by atoms with E-state index in [2.05, 4.69) is 78.9 Å². The molecule has 0 heterocycles. The van der Waals surface area contributed by atoms with Crippen LogP contribution in [0.25, 0.3) is 6.08 Å². The average Bonchev–Trinajstić information content (AvgIpc) is 2.64. The van der Waals surface area contributed by atoms with Crippen LogP contribution in [0.1, 0.15) is 5.56 Å². The van der Waals surface area contributed by atoms with E-state index in [0.29, 0.717) is 29.9 Å². The number of rotatable bonds is 6. The molecule has 3 aromatic carbocycles. The average molecular weight is 444 g/mol. The molecule has 120 valence electrons. The summed E-state index contributed by atoms with van der Waals surface area (Å²) in [6.45, 7) is 0. The second-order valence-corrected chi connectivity index (χ2v) is 11.1. The van der Waals surface area contributed by atoms with Gasteiger partial charge in [-0.3, -0.25) is 0 Å². The molecule has 0 N–H and O–H groups in total. The Kier molecular flexibility index (Phi) is 6.34. The number of methoxy groups -OCH3 is 1. The Morgan fingerprint density at radius 3 is 1.67 bits per heavy atom. The number of hydrogen-bond donors (Lipinski definition) is 0. The molecule has 0 saturated heterocycles. The van der Waals surface area contributed by atoms with Crippen molar-refractivity contribution in [2.45, 2.75) is 0 Å². The van der Waals surface area contributed by atoms with Gasteiger partial charge in [0.25, 0.3) is 0 Å². The zero-order chi connectivity index (χ0) is 16.6. The summed E-state index contributed by atoms with van der Waals surface area (Å²) in [5.41, 5.74) is 1.24. The first kappa shape index (κ1) is 17.1. The molecule has 0 aliphatic carbocycles. The Labute approximate surface area is 156 Å². The van der Waals surface area contributed by atoms with E-state index in [1.54, 1.807) is 7.11 Å². The van der Waals surface area contributed by atoms with Gasteiger partial charge in [-0.1, -0.05) is 0 Å². The third-order valence-electron chi connectivity index (χ3n) is 3.32. The molecule has 3 heteroatoms. The number of hydrogen-bond acceptors (Lipinski definition) is 1. The SMILES string of the molecule is COc1ccc(C=C([Se]c2ccccc2)[Se]c2ccccc2)cc1. The van der Waals surface area contributed by atoms with Crippen LogP contribution in [0.15, 0.2) is 88.3 Å². The maximum atomic E-state index is 5.25. The Morgan fingerprint density at radius 2 is 1.21 bits per heavy atom. The molecule has 3 aromatic rings. The van der Waals surface area contributed by atoms with Crippen molar-refractivity contribution in [1.29, 1.82) is 0 Å². The summed E-state index contributed by atoms with van der Waals surface area (Å²) in [4.78, 5) is 0. The van der Waals surface area contributed by atoms with E-state index in [4.69, 9.17) is 4.74 Å². The van der Waals surface area contributed by atoms with Crippen molar-refractivity contribution < 1.29 is 4.74 Å². The van der Waals surface area contributed by atoms with Gasteiger partial charge in [0.05, 0.1) is 0 Å². The van der Waals surface area contributed by atoms with Crippen molar-refractivity contribution in [2.24, 2.45) is 0 Å². The van der Waals surface area contributed by atoms with Crippen molar-refractivity contribution in [2.75, 3.05) is 7.11 Å². The van der Waals surface area contributed by atoms with Crippen LogP contribution >= 0.6 is 0 Å². The van der Waals surface area contributed by atoms with Crippen LogP contribution in [-0.4, -0.2) is 37.0 Å². The van der Waals surface area contributed by atoms with Gasteiger partial charge in [-0.15, -0.1) is 0 Å². The summed E-state index contributed by atoms with van der Waals surface area (Å²) < 4.78 is 9.62. The Bertz CT molecular complexity index is 738. The first-order valence-corrected chi connectivity index (χ1v) is 11.1. The third kappa shape index (κ3) is 5.12. The Balaban J connectivity index is 1.86. The number of ether oxygens (including phenoxy) is 1. The zero-order valence-electron chi connectivity index (χ0n) is 13.4. The normalized spacial score (nSPS) is 10.2. The van der Waals surface area contributed by atoms with Crippen molar-refractivity contribution in [3.63, 3.8) is 0 Å². The number of benzene rings is 3. The van der Waals surface area contributed by atoms with E-state index in [-0.39, 0.29) is 0 Å². The molecule has 0 bridgehead atoms. The van der Waals surface area contributed by atoms with E-state index >= 15 is 0 Å². The fraction of sp³-hybridized carbons (Fsp3) is 0.0476. The van der Waals surface area contributed by atoms with Gasteiger partial charge < -0.3 is 0 Å². The summed E-state index contributed by atoms with van der Waals surface area (Å²) in [6, 6.07) is 29.8. The van der Waals surface area contributed by atoms with Crippen LogP contribution in [0.4, 0.5) is 0 Å². The maximum absolute atomic E-state index is 5.25. The molecule has 0 atom stereocenters. The summed E-state index contributed by atoms with van der Waals surface area (Å²) in [6.07, 6.45) is 2.35. The molecular weight excluding hydrogens is 426 g/mol. The van der Waals surface area contributed by atoms with E-state index in [1.165, 1.54) is 17.9 Å². The molecule has 0 amide bonds. The quantitative estimate of drug-likeness (QED) is 0.532. The van der Waals surface area contributed by atoms with Crippen molar-refractivity contribution >= 4 is 44.9 Å². The van der Waals surface area contributed by atoms with E-state index < -0.39 is 0 Å². The molecule has 0 aliphatic rings. The summed E-state index contributed by atoms with van der Waals surface area (Å²) >= 11 is 0.689. The second kappa shape index (κ2) is 8.91. The van der Waals surface area contributed by atoms with Crippen molar-refractivity contribution in [1.82, 2.24) is 0 Å². The van der Waals surface area contributed by atoms with Crippen LogP contribution in [0.5, 0.6) is 5.75 Å². The topological polar surface area (TPSA) is 9.23 Å². The molecule has 0 saturated carbocycles. The summed E-state index contributed by atoms with van der Waals surface area (Å²) in [5, 5.41) is 0. The Morgan fingerprint density at radius 1 is 0.708 bits per heavy atom. The van der Waals surface area contributed by atoms with Gasteiger partial charge in [0, 0.05) is 0 Å². The van der Waals surface area contributed by atoms with E-state index in [9.17, 15) is 0 Å². The molecule has 0 spiro atoms. The molecule has 3 rings (SSSR count). The monoisotopic (exact) mass is 446 g/mol. The van der Waals surface area contributed by atoms with Gasteiger partial charge in [0.1, 0.15) is 0 Å². The Hall–Kier alpha value is -1.76. The first-order chi connectivity index (χ1) is 11.8. The minimum atomic E-state index is 0.344. The molecule has 0 radical (unpaired) electrons. The summed E-state index contributed by atoms with van der Waals surface area (Å²) in [5.74, 6) is 0.899. The third-order valence-corrected chi connectivity index (χ3v) is 8.61. The van der Waals surface area contributed by atoms with Crippen molar-refractivity contribution in [3.05, 3.63) is 93.9 Å².